The maximum Gasteiger partial charge on any atom is 0.248 e. The van der Waals surface area contributed by atoms with E-state index in [-0.39, 0.29) is 5.91 Å². The minimum atomic E-state index is -0.214. The zero-order valence-corrected chi connectivity index (χ0v) is 16.2. The number of nitrogens with one attached hydrogen (secondary N) is 2. The fourth-order valence-electron chi connectivity index (χ4n) is 2.48. The van der Waals surface area contributed by atoms with Crippen LogP contribution in [0.25, 0.3) is 6.08 Å². The lowest BCUT2D eigenvalue weighted by Crippen LogP contribution is -2.09. The number of carbonyl (C=O) groups is 1. The van der Waals surface area contributed by atoms with E-state index in [0.29, 0.717) is 11.4 Å². The summed E-state index contributed by atoms with van der Waals surface area (Å²) in [5, 5.41) is 6.15. The van der Waals surface area contributed by atoms with Gasteiger partial charge in [-0.15, -0.1) is 0 Å². The largest absolute Gasteiger partial charge is 0.397 e. The van der Waals surface area contributed by atoms with Crippen LogP contribution >= 0.6 is 15.9 Å². The molecule has 0 saturated heterocycles. The molecule has 0 heterocycles. The van der Waals surface area contributed by atoms with Gasteiger partial charge < -0.3 is 16.4 Å². The number of nitrogens with two attached hydrogens (primary N) is 1. The first-order valence-corrected chi connectivity index (χ1v) is 9.31. The fourth-order valence-corrected chi connectivity index (χ4v) is 2.74. The number of anilines is 3. The second kappa shape index (κ2) is 9.05. The van der Waals surface area contributed by atoms with Crippen molar-refractivity contribution in [1.29, 1.82) is 0 Å². The Bertz CT molecular complexity index is 935. The van der Waals surface area contributed by atoms with E-state index in [1.807, 2.05) is 60.7 Å². The molecule has 0 atom stereocenters. The first-order valence-electron chi connectivity index (χ1n) is 8.52. The van der Waals surface area contributed by atoms with Crippen molar-refractivity contribution in [3.63, 3.8) is 0 Å². The van der Waals surface area contributed by atoms with Crippen molar-refractivity contribution in [2.75, 3.05) is 16.4 Å². The van der Waals surface area contributed by atoms with E-state index < -0.39 is 0 Å². The average Bonchev–Trinajstić information content (AvgIpc) is 2.68. The lowest BCUT2D eigenvalue weighted by molar-refractivity contribution is -0.111. The van der Waals surface area contributed by atoms with E-state index >= 15 is 0 Å². The Morgan fingerprint density at radius 1 is 0.963 bits per heavy atom. The smallest absolute Gasteiger partial charge is 0.248 e. The number of hydrogen-bond donors (Lipinski definition) is 3. The third kappa shape index (κ3) is 5.72. The highest BCUT2D eigenvalue weighted by molar-refractivity contribution is 9.10. The van der Waals surface area contributed by atoms with E-state index in [4.69, 9.17) is 5.73 Å². The van der Waals surface area contributed by atoms with E-state index in [9.17, 15) is 4.79 Å². The van der Waals surface area contributed by atoms with Gasteiger partial charge in [0.05, 0.1) is 11.4 Å². The molecule has 0 fully saturated rings. The molecule has 5 heteroatoms. The first-order chi connectivity index (χ1) is 13.1. The molecule has 0 unspecified atom stereocenters. The SMILES string of the molecule is Nc1ccccc1NC(=O)C=Cc1ccc(CNc2ccc(Br)cc2)cc1. The number of nitrogen functional groups attached to an aromatic ring is 1. The third-order valence-corrected chi connectivity index (χ3v) is 4.50. The Balaban J connectivity index is 1.53. The van der Waals surface area contributed by atoms with Crippen LogP contribution in [0.4, 0.5) is 17.1 Å². The van der Waals surface area contributed by atoms with Crippen LogP contribution < -0.4 is 16.4 Å². The third-order valence-electron chi connectivity index (χ3n) is 3.97. The molecule has 27 heavy (non-hydrogen) atoms. The minimum absolute atomic E-state index is 0.214. The van der Waals surface area contributed by atoms with Gasteiger partial charge in [-0.25, -0.2) is 0 Å². The molecule has 0 aliphatic rings. The number of halogens is 1. The zero-order valence-electron chi connectivity index (χ0n) is 14.7. The summed E-state index contributed by atoms with van der Waals surface area (Å²) >= 11 is 3.43. The number of amides is 1. The summed E-state index contributed by atoms with van der Waals surface area (Å²) in [5.74, 6) is -0.214. The van der Waals surface area contributed by atoms with E-state index in [1.54, 1.807) is 18.2 Å². The maximum absolute atomic E-state index is 12.0. The highest BCUT2D eigenvalue weighted by Gasteiger charge is 2.01. The standard InChI is InChI=1S/C22H20BrN3O/c23-18-10-12-19(13-11-18)25-15-17-7-5-16(6-8-17)9-14-22(27)26-21-4-2-1-3-20(21)24/h1-14,25H,15,24H2,(H,26,27). The maximum atomic E-state index is 12.0. The molecule has 0 saturated carbocycles. The van der Waals surface area contributed by atoms with Crippen molar-refractivity contribution < 1.29 is 4.79 Å². The Labute approximate surface area is 167 Å². The van der Waals surface area contributed by atoms with Crippen LogP contribution in [0.2, 0.25) is 0 Å². The number of benzene rings is 3. The monoisotopic (exact) mass is 421 g/mol. The molecule has 1 amide bonds. The van der Waals surface area contributed by atoms with Crippen molar-refractivity contribution in [1.82, 2.24) is 0 Å². The van der Waals surface area contributed by atoms with Crippen LogP contribution in [0.3, 0.4) is 0 Å². The quantitative estimate of drug-likeness (QED) is 0.373. The topological polar surface area (TPSA) is 67.1 Å². The summed E-state index contributed by atoms with van der Waals surface area (Å²) in [6, 6.07) is 23.3. The van der Waals surface area contributed by atoms with Gasteiger partial charge in [-0.1, -0.05) is 52.3 Å². The van der Waals surface area contributed by atoms with Gasteiger partial charge in [-0.2, -0.15) is 0 Å². The Morgan fingerprint density at radius 2 is 1.67 bits per heavy atom. The van der Waals surface area contributed by atoms with E-state index in [0.717, 1.165) is 27.8 Å². The highest BCUT2D eigenvalue weighted by Crippen LogP contribution is 2.17. The van der Waals surface area contributed by atoms with Gasteiger partial charge >= 0.3 is 0 Å². The molecule has 136 valence electrons. The summed E-state index contributed by atoms with van der Waals surface area (Å²) in [6.45, 7) is 0.736. The molecule has 3 rings (SSSR count). The molecule has 4 nitrogen and oxygen atoms in total. The van der Waals surface area contributed by atoms with E-state index in [2.05, 4.69) is 26.6 Å². The van der Waals surface area contributed by atoms with E-state index in [1.165, 1.54) is 6.08 Å². The summed E-state index contributed by atoms with van der Waals surface area (Å²) in [4.78, 5) is 12.0. The summed E-state index contributed by atoms with van der Waals surface area (Å²) in [5.41, 5.74) is 10.2. The van der Waals surface area contributed by atoms with Gasteiger partial charge in [0.1, 0.15) is 0 Å². The van der Waals surface area contributed by atoms with Crippen molar-refractivity contribution >= 4 is 45.0 Å². The van der Waals surface area contributed by atoms with Gasteiger partial charge in [0.25, 0.3) is 0 Å². The number of carbonyl (C=O) groups excluding carboxylic acids is 1. The Kier molecular flexibility index (Phi) is 6.28. The zero-order chi connectivity index (χ0) is 19.1. The molecule has 0 aliphatic carbocycles. The summed E-state index contributed by atoms with van der Waals surface area (Å²) in [6.07, 6.45) is 3.28. The summed E-state index contributed by atoms with van der Waals surface area (Å²) in [7, 11) is 0. The van der Waals surface area contributed by atoms with Gasteiger partial charge in [0, 0.05) is 22.8 Å². The predicted octanol–water partition coefficient (Wildman–Crippen LogP) is 5.30. The van der Waals surface area contributed by atoms with Crippen LogP contribution in [0, 0.1) is 0 Å². The fraction of sp³-hybridized carbons (Fsp3) is 0.0455. The molecule has 4 N–H and O–H groups in total. The number of hydrogen-bond acceptors (Lipinski definition) is 3. The highest BCUT2D eigenvalue weighted by atomic mass is 79.9. The van der Waals surface area contributed by atoms with Crippen molar-refractivity contribution in [2.24, 2.45) is 0 Å². The van der Waals surface area contributed by atoms with Crippen LogP contribution in [0.15, 0.2) is 83.3 Å². The van der Waals surface area contributed by atoms with Crippen LogP contribution in [0.5, 0.6) is 0 Å². The molecule has 3 aromatic rings. The van der Waals surface area contributed by atoms with Gasteiger partial charge in [0.2, 0.25) is 5.91 Å². The average molecular weight is 422 g/mol. The molecule has 0 aromatic heterocycles. The lowest BCUT2D eigenvalue weighted by atomic mass is 10.1. The Hall–Kier alpha value is -3.05. The lowest BCUT2D eigenvalue weighted by Gasteiger charge is -2.07. The molecule has 0 bridgehead atoms. The Morgan fingerprint density at radius 3 is 2.37 bits per heavy atom. The normalized spacial score (nSPS) is 10.7. The second-order valence-electron chi connectivity index (χ2n) is 6.01. The number of rotatable bonds is 6. The number of para-hydroxylation sites is 2. The van der Waals surface area contributed by atoms with Crippen LogP contribution in [0.1, 0.15) is 11.1 Å². The van der Waals surface area contributed by atoms with Gasteiger partial charge in [-0.3, -0.25) is 4.79 Å². The molecule has 0 spiro atoms. The second-order valence-corrected chi connectivity index (χ2v) is 6.93. The van der Waals surface area contributed by atoms with Crippen molar-refractivity contribution in [2.45, 2.75) is 6.54 Å². The molecular weight excluding hydrogens is 402 g/mol. The first kappa shape index (κ1) is 18.7. The predicted molar refractivity (Wildman–Crippen MR) is 116 cm³/mol. The van der Waals surface area contributed by atoms with Crippen LogP contribution in [-0.4, -0.2) is 5.91 Å². The van der Waals surface area contributed by atoms with Crippen molar-refractivity contribution in [3.8, 4) is 0 Å². The molecular formula is C22H20BrN3O. The molecule has 0 radical (unpaired) electrons. The van der Waals surface area contributed by atoms with Gasteiger partial charge in [-0.05, 0) is 53.6 Å². The molecule has 0 aliphatic heterocycles. The molecule has 3 aromatic carbocycles. The summed E-state index contributed by atoms with van der Waals surface area (Å²) < 4.78 is 1.06. The minimum Gasteiger partial charge on any atom is -0.397 e. The van der Waals surface area contributed by atoms with Crippen molar-refractivity contribution in [3.05, 3.63) is 94.5 Å². The van der Waals surface area contributed by atoms with Crippen LogP contribution in [-0.2, 0) is 11.3 Å². The van der Waals surface area contributed by atoms with Gasteiger partial charge in [0.15, 0.2) is 0 Å².